The van der Waals surface area contributed by atoms with E-state index in [1.54, 1.807) is 11.3 Å². The van der Waals surface area contributed by atoms with Gasteiger partial charge in [-0.3, -0.25) is 4.79 Å². The number of carbonyl (C=O) groups excluding carboxylic acids is 2. The number of fused-ring (bicyclic) bond motifs is 3. The quantitative estimate of drug-likeness (QED) is 0.735. The van der Waals surface area contributed by atoms with Gasteiger partial charge in [0.1, 0.15) is 5.00 Å². The number of methoxy groups -OCH3 is 1. The van der Waals surface area contributed by atoms with Crippen molar-refractivity contribution < 1.29 is 14.3 Å². The van der Waals surface area contributed by atoms with E-state index < -0.39 is 0 Å². The number of rotatable bonds is 3. The topological polar surface area (TPSA) is 55.4 Å². The summed E-state index contributed by atoms with van der Waals surface area (Å²) >= 11 is 1.60. The number of nitrogens with one attached hydrogen (secondary N) is 1. The molecule has 0 radical (unpaired) electrons. The molecule has 27 heavy (non-hydrogen) atoms. The minimum Gasteiger partial charge on any atom is -0.465 e. The number of anilines is 1. The maximum absolute atomic E-state index is 12.9. The Morgan fingerprint density at radius 2 is 1.93 bits per heavy atom. The van der Waals surface area contributed by atoms with Crippen LogP contribution >= 0.6 is 11.3 Å². The molecule has 3 aliphatic rings. The molecule has 0 aliphatic heterocycles. The van der Waals surface area contributed by atoms with Crippen LogP contribution in [0.2, 0.25) is 0 Å². The van der Waals surface area contributed by atoms with E-state index in [9.17, 15) is 9.59 Å². The second kappa shape index (κ2) is 6.91. The van der Waals surface area contributed by atoms with Crippen LogP contribution < -0.4 is 5.32 Å². The summed E-state index contributed by atoms with van der Waals surface area (Å²) in [5, 5.41) is 3.86. The van der Waals surface area contributed by atoms with Gasteiger partial charge < -0.3 is 10.1 Å². The third-order valence-corrected chi connectivity index (χ3v) is 8.36. The molecule has 2 saturated carbocycles. The van der Waals surface area contributed by atoms with Crippen LogP contribution in [0.25, 0.3) is 0 Å². The zero-order chi connectivity index (χ0) is 19.3. The second-order valence-electron chi connectivity index (χ2n) is 9.78. The van der Waals surface area contributed by atoms with Crippen molar-refractivity contribution in [2.45, 2.75) is 65.7 Å². The molecule has 1 amide bonds. The fraction of sp³-hybridized carbons (Fsp3) is 0.727. The van der Waals surface area contributed by atoms with Gasteiger partial charge in [0.05, 0.1) is 12.7 Å². The Balaban J connectivity index is 1.59. The maximum atomic E-state index is 12.9. The summed E-state index contributed by atoms with van der Waals surface area (Å²) < 4.78 is 5.07. The summed E-state index contributed by atoms with van der Waals surface area (Å²) in [6.07, 6.45) is 7.64. The summed E-state index contributed by atoms with van der Waals surface area (Å²) in [6, 6.07) is 0. The van der Waals surface area contributed by atoms with Gasteiger partial charge in [-0.25, -0.2) is 4.79 Å². The lowest BCUT2D eigenvalue weighted by Crippen LogP contribution is -2.28. The van der Waals surface area contributed by atoms with Gasteiger partial charge in [0.2, 0.25) is 5.91 Å². The van der Waals surface area contributed by atoms with E-state index in [0.29, 0.717) is 22.4 Å². The van der Waals surface area contributed by atoms with Crippen molar-refractivity contribution in [1.82, 2.24) is 0 Å². The molecule has 148 valence electrons. The normalized spacial score (nSPS) is 29.5. The van der Waals surface area contributed by atoms with Crippen LogP contribution in [0.5, 0.6) is 0 Å². The molecule has 1 aromatic rings. The Hall–Kier alpha value is -1.36. The highest BCUT2D eigenvalue weighted by Gasteiger charge is 2.43. The molecule has 1 heterocycles. The molecule has 0 spiro atoms. The smallest absolute Gasteiger partial charge is 0.341 e. The summed E-state index contributed by atoms with van der Waals surface area (Å²) in [5.41, 5.74) is 1.97. The first-order valence-electron chi connectivity index (χ1n) is 10.3. The zero-order valence-corrected chi connectivity index (χ0v) is 17.7. The maximum Gasteiger partial charge on any atom is 0.341 e. The van der Waals surface area contributed by atoms with Crippen molar-refractivity contribution in [2.75, 3.05) is 12.4 Å². The highest BCUT2D eigenvalue weighted by Crippen LogP contribution is 2.49. The van der Waals surface area contributed by atoms with Gasteiger partial charge >= 0.3 is 5.97 Å². The lowest BCUT2D eigenvalue weighted by molar-refractivity contribution is -0.121. The monoisotopic (exact) mass is 389 g/mol. The van der Waals surface area contributed by atoms with Crippen molar-refractivity contribution in [3.63, 3.8) is 0 Å². The lowest BCUT2D eigenvalue weighted by Gasteiger charge is -2.33. The van der Waals surface area contributed by atoms with Crippen LogP contribution in [-0.2, 0) is 22.4 Å². The molecule has 1 N–H and O–H groups in total. The van der Waals surface area contributed by atoms with Gasteiger partial charge in [0.15, 0.2) is 0 Å². The molecule has 4 nitrogen and oxygen atoms in total. The van der Waals surface area contributed by atoms with Crippen molar-refractivity contribution in [2.24, 2.45) is 29.1 Å². The van der Waals surface area contributed by atoms with Crippen LogP contribution in [0.1, 0.15) is 73.7 Å². The van der Waals surface area contributed by atoms with Gasteiger partial charge in [0.25, 0.3) is 0 Å². The van der Waals surface area contributed by atoms with Crippen LogP contribution in [0.3, 0.4) is 0 Å². The number of thiophene rings is 1. The highest BCUT2D eigenvalue weighted by molar-refractivity contribution is 7.17. The van der Waals surface area contributed by atoms with Crippen LogP contribution in [0.15, 0.2) is 0 Å². The molecule has 2 bridgehead atoms. The van der Waals surface area contributed by atoms with Gasteiger partial charge in [-0.05, 0) is 67.3 Å². The molecule has 1 aromatic heterocycles. The number of hydrogen-bond donors (Lipinski definition) is 1. The predicted octanol–water partition coefficient (Wildman–Crippen LogP) is 5.06. The fourth-order valence-electron chi connectivity index (χ4n) is 5.50. The first-order valence-corrected chi connectivity index (χ1v) is 11.1. The number of ether oxygens (including phenoxy) is 1. The van der Waals surface area contributed by atoms with Crippen molar-refractivity contribution in [1.29, 1.82) is 0 Å². The van der Waals surface area contributed by atoms with E-state index in [-0.39, 0.29) is 23.2 Å². The molecule has 4 rings (SSSR count). The number of hydrogen-bond acceptors (Lipinski definition) is 4. The largest absolute Gasteiger partial charge is 0.465 e. The van der Waals surface area contributed by atoms with E-state index in [2.05, 4.69) is 26.1 Å². The molecule has 0 saturated heterocycles. The molecular formula is C22H31NO3S. The van der Waals surface area contributed by atoms with Crippen molar-refractivity contribution >= 4 is 28.2 Å². The first kappa shape index (κ1) is 19.0. The molecule has 5 heteroatoms. The molecule has 3 aliphatic carbocycles. The van der Waals surface area contributed by atoms with Gasteiger partial charge in [-0.15, -0.1) is 11.3 Å². The van der Waals surface area contributed by atoms with Gasteiger partial charge in [0, 0.05) is 10.8 Å². The Bertz CT molecular complexity index is 760. The third-order valence-electron chi connectivity index (χ3n) is 7.19. The van der Waals surface area contributed by atoms with E-state index in [1.165, 1.54) is 31.2 Å². The summed E-state index contributed by atoms with van der Waals surface area (Å²) in [7, 11) is 1.43. The summed E-state index contributed by atoms with van der Waals surface area (Å²) in [4.78, 5) is 26.7. The van der Waals surface area contributed by atoms with E-state index in [4.69, 9.17) is 4.74 Å². The molecular weight excluding hydrogens is 358 g/mol. The Morgan fingerprint density at radius 1 is 1.15 bits per heavy atom. The van der Waals surface area contributed by atoms with Crippen LogP contribution in [0.4, 0.5) is 5.00 Å². The van der Waals surface area contributed by atoms with Gasteiger partial charge in [-0.1, -0.05) is 27.2 Å². The lowest BCUT2D eigenvalue weighted by atomic mass is 9.72. The molecule has 0 aromatic carbocycles. The molecule has 4 unspecified atom stereocenters. The Kier molecular flexibility index (Phi) is 4.86. The fourth-order valence-corrected chi connectivity index (χ4v) is 6.82. The predicted molar refractivity (Wildman–Crippen MR) is 108 cm³/mol. The van der Waals surface area contributed by atoms with Crippen LogP contribution in [0, 0.1) is 29.1 Å². The second-order valence-corrected chi connectivity index (χ2v) is 10.9. The van der Waals surface area contributed by atoms with Crippen molar-refractivity contribution in [3.05, 3.63) is 16.0 Å². The van der Waals surface area contributed by atoms with Gasteiger partial charge in [-0.2, -0.15) is 0 Å². The van der Waals surface area contributed by atoms with E-state index >= 15 is 0 Å². The average molecular weight is 390 g/mol. The Labute approximate surface area is 166 Å². The summed E-state index contributed by atoms with van der Waals surface area (Å²) in [5.74, 6) is 1.79. The highest BCUT2D eigenvalue weighted by atomic mass is 32.1. The zero-order valence-electron chi connectivity index (χ0n) is 16.9. The number of carbonyl (C=O) groups is 2. The van der Waals surface area contributed by atoms with Crippen LogP contribution in [-0.4, -0.2) is 19.0 Å². The average Bonchev–Trinajstić information content (AvgIpc) is 3.33. The molecule has 2 fully saturated rings. The summed E-state index contributed by atoms with van der Waals surface area (Å²) in [6.45, 7) is 6.86. The minimum atomic E-state index is -0.315. The standard InChI is InChI=1S/C22H31NO3S/c1-22(2,3)14-7-8-15-17(11-14)27-20(18(15)21(25)26-4)23-19(24)16-10-12-5-6-13(16)9-12/h12-14,16H,5-11H2,1-4H3,(H,23,24). The van der Waals surface area contributed by atoms with E-state index in [1.807, 2.05) is 0 Å². The van der Waals surface area contributed by atoms with E-state index in [0.717, 1.165) is 37.2 Å². The first-order chi connectivity index (χ1) is 12.8. The SMILES string of the molecule is COC(=O)c1c(NC(=O)C2CC3CCC2C3)sc2c1CCC(C(C)(C)C)C2. The number of amides is 1. The van der Waals surface area contributed by atoms with Crippen molar-refractivity contribution in [3.8, 4) is 0 Å². The number of esters is 1. The Morgan fingerprint density at radius 3 is 2.52 bits per heavy atom. The molecule has 4 atom stereocenters. The minimum absolute atomic E-state index is 0.110. The third kappa shape index (κ3) is 3.43.